The van der Waals surface area contributed by atoms with E-state index in [4.69, 9.17) is 16.6 Å². The van der Waals surface area contributed by atoms with Crippen LogP contribution >= 0.6 is 12.2 Å². The summed E-state index contributed by atoms with van der Waals surface area (Å²) in [6.45, 7) is 7.11. The van der Waals surface area contributed by atoms with Gasteiger partial charge in [-0.15, -0.1) is 0 Å². The van der Waals surface area contributed by atoms with Crippen molar-refractivity contribution in [3.8, 4) is 5.69 Å². The van der Waals surface area contributed by atoms with Crippen LogP contribution in [0, 0.1) is 20.8 Å². The molecule has 6 heteroatoms. The Hall–Kier alpha value is -3.38. The first-order chi connectivity index (χ1) is 15.5. The second-order valence-electron chi connectivity index (χ2n) is 8.28. The molecule has 0 spiro atoms. The van der Waals surface area contributed by atoms with Crippen LogP contribution in [0.4, 0.5) is 0 Å². The molecular formula is C26H26N4OS. The number of para-hydroxylation sites is 1. The minimum absolute atomic E-state index is 0.00790. The maximum absolute atomic E-state index is 5.80. The van der Waals surface area contributed by atoms with E-state index in [1.165, 1.54) is 28.2 Å². The summed E-state index contributed by atoms with van der Waals surface area (Å²) >= 11 is 5.80. The Morgan fingerprint density at radius 3 is 2.56 bits per heavy atom. The number of benzene rings is 1. The molecule has 3 aromatic heterocycles. The Bertz CT molecular complexity index is 1250. The molecule has 1 N–H and O–H groups in total. The van der Waals surface area contributed by atoms with E-state index in [0.717, 1.165) is 11.5 Å². The molecule has 0 unspecified atom stereocenters. The second kappa shape index (κ2) is 8.28. The third-order valence-electron chi connectivity index (χ3n) is 6.25. The molecule has 0 saturated carbocycles. The number of furan rings is 1. The van der Waals surface area contributed by atoms with E-state index in [-0.39, 0.29) is 12.1 Å². The third-order valence-corrected chi connectivity index (χ3v) is 6.60. The topological polar surface area (TPSA) is 46.2 Å². The fourth-order valence-corrected chi connectivity index (χ4v) is 5.06. The van der Waals surface area contributed by atoms with Gasteiger partial charge in [-0.2, -0.15) is 0 Å². The molecule has 0 radical (unpaired) electrons. The van der Waals surface area contributed by atoms with Crippen LogP contribution in [0.2, 0.25) is 0 Å². The van der Waals surface area contributed by atoms with E-state index < -0.39 is 0 Å². The smallest absolute Gasteiger partial charge is 0.170 e. The summed E-state index contributed by atoms with van der Waals surface area (Å²) < 4.78 is 8.00. The van der Waals surface area contributed by atoms with Gasteiger partial charge in [-0.1, -0.05) is 24.3 Å². The van der Waals surface area contributed by atoms with E-state index in [1.807, 2.05) is 30.5 Å². The fourth-order valence-electron chi connectivity index (χ4n) is 4.76. The highest BCUT2D eigenvalue weighted by molar-refractivity contribution is 7.80. The van der Waals surface area contributed by atoms with Crippen molar-refractivity contribution < 1.29 is 4.42 Å². The van der Waals surface area contributed by atoms with Crippen molar-refractivity contribution in [2.45, 2.75) is 39.4 Å². The molecule has 1 fully saturated rings. The molecule has 1 saturated heterocycles. The van der Waals surface area contributed by atoms with Gasteiger partial charge in [-0.05, 0) is 80.5 Å². The van der Waals surface area contributed by atoms with Crippen LogP contribution in [0.5, 0.6) is 0 Å². The van der Waals surface area contributed by atoms with E-state index in [2.05, 4.69) is 76.9 Å². The Morgan fingerprint density at radius 2 is 1.84 bits per heavy atom. The summed E-state index contributed by atoms with van der Waals surface area (Å²) in [5.74, 6) is 0.883. The van der Waals surface area contributed by atoms with Crippen LogP contribution in [0.15, 0.2) is 77.5 Å². The van der Waals surface area contributed by atoms with Crippen molar-refractivity contribution in [2.75, 3.05) is 0 Å². The van der Waals surface area contributed by atoms with Gasteiger partial charge < -0.3 is 19.2 Å². The van der Waals surface area contributed by atoms with Crippen molar-refractivity contribution in [1.29, 1.82) is 0 Å². The number of aryl methyl sites for hydroxylation is 2. The minimum atomic E-state index is -0.0514. The second-order valence-corrected chi connectivity index (χ2v) is 8.67. The lowest BCUT2D eigenvalue weighted by Gasteiger charge is -2.27. The van der Waals surface area contributed by atoms with E-state index in [1.54, 1.807) is 6.26 Å². The quantitative estimate of drug-likeness (QED) is 0.410. The standard InChI is InChI=1S/C26H26N4OS/c1-17-9-4-5-12-23(17)30-18(2)15-21(19(30)3)25-24(22-11-6-7-13-27-22)28-26(32)29(25)16-20-10-8-14-31-20/h4-15,24-25H,16H2,1-3H3,(H,28,32)/t24-,25-/m0/s1. The number of hydrogen-bond acceptors (Lipinski definition) is 3. The zero-order valence-corrected chi connectivity index (χ0v) is 19.3. The van der Waals surface area contributed by atoms with Gasteiger partial charge in [-0.3, -0.25) is 4.98 Å². The molecule has 4 aromatic rings. The Labute approximate surface area is 193 Å². The normalized spacial score (nSPS) is 18.2. The SMILES string of the molecule is Cc1ccccc1-n1c(C)cc([C@H]2[C@H](c3ccccn3)NC(=S)N2Cc2ccco2)c1C. The molecule has 0 bridgehead atoms. The van der Waals surface area contributed by atoms with Crippen LogP contribution in [0.3, 0.4) is 0 Å². The minimum Gasteiger partial charge on any atom is -0.467 e. The Morgan fingerprint density at radius 1 is 1.03 bits per heavy atom. The van der Waals surface area contributed by atoms with Crippen LogP contribution in [0.1, 0.15) is 46.1 Å². The average molecular weight is 443 g/mol. The number of pyridine rings is 1. The molecule has 0 aliphatic carbocycles. The van der Waals surface area contributed by atoms with Gasteiger partial charge in [0, 0.05) is 23.3 Å². The first kappa shape index (κ1) is 20.5. The van der Waals surface area contributed by atoms with Gasteiger partial charge in [0.2, 0.25) is 0 Å². The van der Waals surface area contributed by atoms with Gasteiger partial charge in [0.25, 0.3) is 0 Å². The van der Waals surface area contributed by atoms with Crippen molar-refractivity contribution in [3.05, 3.63) is 107 Å². The van der Waals surface area contributed by atoms with Gasteiger partial charge in [0.15, 0.2) is 5.11 Å². The molecule has 1 aromatic carbocycles. The molecular weight excluding hydrogens is 416 g/mol. The number of hydrogen-bond donors (Lipinski definition) is 1. The number of thiocarbonyl (C=S) groups is 1. The monoisotopic (exact) mass is 442 g/mol. The van der Waals surface area contributed by atoms with Crippen LogP contribution in [0.25, 0.3) is 5.69 Å². The predicted octanol–water partition coefficient (Wildman–Crippen LogP) is 5.56. The number of nitrogens with one attached hydrogen (secondary N) is 1. The highest BCUT2D eigenvalue weighted by atomic mass is 32.1. The maximum Gasteiger partial charge on any atom is 0.170 e. The van der Waals surface area contributed by atoms with Crippen LogP contribution in [-0.2, 0) is 6.54 Å². The summed E-state index contributed by atoms with van der Waals surface area (Å²) in [4.78, 5) is 6.87. The number of rotatable bonds is 5. The largest absolute Gasteiger partial charge is 0.467 e. The molecule has 0 amide bonds. The highest BCUT2D eigenvalue weighted by Crippen LogP contribution is 2.42. The third kappa shape index (κ3) is 3.50. The first-order valence-corrected chi connectivity index (χ1v) is 11.2. The molecule has 2 atom stereocenters. The summed E-state index contributed by atoms with van der Waals surface area (Å²) in [6.07, 6.45) is 3.54. The number of nitrogens with zero attached hydrogens (tertiary/aromatic N) is 3. The van der Waals surface area contributed by atoms with Gasteiger partial charge in [0.1, 0.15) is 5.76 Å². The van der Waals surface area contributed by atoms with Gasteiger partial charge >= 0.3 is 0 Å². The van der Waals surface area contributed by atoms with Crippen molar-refractivity contribution in [1.82, 2.24) is 19.8 Å². The summed E-state index contributed by atoms with van der Waals surface area (Å²) in [7, 11) is 0. The van der Waals surface area contributed by atoms with Gasteiger partial charge in [0.05, 0.1) is 30.6 Å². The van der Waals surface area contributed by atoms with Crippen LogP contribution in [-0.4, -0.2) is 19.6 Å². The Balaban J connectivity index is 1.64. The van der Waals surface area contributed by atoms with Crippen molar-refractivity contribution in [2.24, 2.45) is 0 Å². The fraction of sp³-hybridized carbons (Fsp3) is 0.231. The lowest BCUT2D eigenvalue weighted by molar-refractivity contribution is 0.286. The lowest BCUT2D eigenvalue weighted by Crippen LogP contribution is -2.29. The predicted molar refractivity (Wildman–Crippen MR) is 130 cm³/mol. The molecule has 5 nitrogen and oxygen atoms in total. The highest BCUT2D eigenvalue weighted by Gasteiger charge is 2.41. The van der Waals surface area contributed by atoms with Gasteiger partial charge in [-0.25, -0.2) is 0 Å². The zero-order chi connectivity index (χ0) is 22.2. The molecule has 4 heterocycles. The maximum atomic E-state index is 5.80. The van der Waals surface area contributed by atoms with E-state index in [0.29, 0.717) is 11.7 Å². The first-order valence-electron chi connectivity index (χ1n) is 10.8. The van der Waals surface area contributed by atoms with Crippen LogP contribution < -0.4 is 5.32 Å². The lowest BCUT2D eigenvalue weighted by atomic mass is 9.96. The molecule has 32 heavy (non-hydrogen) atoms. The van der Waals surface area contributed by atoms with E-state index in [9.17, 15) is 0 Å². The molecule has 162 valence electrons. The zero-order valence-electron chi connectivity index (χ0n) is 18.4. The average Bonchev–Trinajstić information content (AvgIpc) is 3.49. The summed E-state index contributed by atoms with van der Waals surface area (Å²) in [5, 5.41) is 4.24. The molecule has 1 aliphatic rings. The summed E-state index contributed by atoms with van der Waals surface area (Å²) in [6, 6.07) is 20.7. The van der Waals surface area contributed by atoms with Crippen molar-refractivity contribution in [3.63, 3.8) is 0 Å². The molecule has 1 aliphatic heterocycles. The molecule has 5 rings (SSSR count). The Kier molecular flexibility index (Phi) is 5.31. The van der Waals surface area contributed by atoms with Crippen molar-refractivity contribution >= 4 is 17.3 Å². The number of aromatic nitrogens is 2. The summed E-state index contributed by atoms with van der Waals surface area (Å²) in [5.41, 5.74) is 7.06. The van der Waals surface area contributed by atoms with E-state index >= 15 is 0 Å².